The fourth-order valence-electron chi connectivity index (χ4n) is 1.40. The van der Waals surface area contributed by atoms with Crippen LogP contribution in [-0.2, 0) is 9.53 Å². The number of amides is 1. The Labute approximate surface area is 115 Å². The molecule has 0 saturated heterocycles. The molecule has 0 saturated carbocycles. The van der Waals surface area contributed by atoms with Crippen LogP contribution in [0.5, 0.6) is 0 Å². The zero-order chi connectivity index (χ0) is 12.7. The molecule has 1 aromatic rings. The van der Waals surface area contributed by atoms with Crippen LogP contribution >= 0.6 is 12.4 Å². The maximum absolute atomic E-state index is 11.8. The molecule has 0 aliphatic carbocycles. The number of halogens is 1. The number of anilines is 1. The topological polar surface area (TPSA) is 41.6 Å². The number of methoxy groups -OCH3 is 1. The first-order valence-electron chi connectivity index (χ1n) is 5.68. The van der Waals surface area contributed by atoms with Gasteiger partial charge in [0.1, 0.15) is 0 Å². The lowest BCUT2D eigenvalue weighted by atomic mass is 10.2. The van der Waals surface area contributed by atoms with Gasteiger partial charge in [-0.2, -0.15) is 0 Å². The average Bonchev–Trinajstić information content (AvgIpc) is 2.34. The summed E-state index contributed by atoms with van der Waals surface area (Å²) >= 11 is 0. The molecular formula is C13H21ClN2O2. The summed E-state index contributed by atoms with van der Waals surface area (Å²) in [6, 6.07) is 7.89. The van der Waals surface area contributed by atoms with E-state index in [2.05, 4.69) is 5.32 Å². The second-order valence-electron chi connectivity index (χ2n) is 3.96. The number of carbonyl (C=O) groups is 1. The lowest BCUT2D eigenvalue weighted by Gasteiger charge is -2.17. The highest BCUT2D eigenvalue weighted by molar-refractivity contribution is 5.94. The molecule has 1 amide bonds. The lowest BCUT2D eigenvalue weighted by molar-refractivity contribution is -0.117. The third kappa shape index (κ3) is 5.49. The van der Waals surface area contributed by atoms with E-state index in [1.54, 1.807) is 19.1 Å². The molecule has 0 heterocycles. The van der Waals surface area contributed by atoms with Gasteiger partial charge in [0.2, 0.25) is 5.91 Å². The van der Waals surface area contributed by atoms with Gasteiger partial charge in [0.25, 0.3) is 0 Å². The van der Waals surface area contributed by atoms with Gasteiger partial charge in [-0.15, -0.1) is 12.4 Å². The fraction of sp³-hybridized carbons (Fsp3) is 0.462. The monoisotopic (exact) mass is 272 g/mol. The molecule has 0 unspecified atom stereocenters. The number of ether oxygens (including phenoxy) is 1. The van der Waals surface area contributed by atoms with Gasteiger partial charge in [-0.1, -0.05) is 17.7 Å². The Bertz CT molecular complexity index is 355. The standard InChI is InChI=1S/C13H20N2O2.ClH/c1-11-4-6-12(7-5-11)15(2)13(16)10-14-8-9-17-3;/h4-7,14H,8-10H2,1-3H3;1H. The largest absolute Gasteiger partial charge is 0.383 e. The molecule has 0 aliphatic rings. The minimum Gasteiger partial charge on any atom is -0.383 e. The number of hydrogen-bond acceptors (Lipinski definition) is 3. The molecule has 4 nitrogen and oxygen atoms in total. The van der Waals surface area contributed by atoms with Gasteiger partial charge < -0.3 is 15.0 Å². The van der Waals surface area contributed by atoms with Crippen LogP contribution in [0.1, 0.15) is 5.56 Å². The third-order valence-electron chi connectivity index (χ3n) is 2.55. The van der Waals surface area contributed by atoms with Crippen molar-refractivity contribution in [2.45, 2.75) is 6.92 Å². The van der Waals surface area contributed by atoms with Crippen molar-refractivity contribution in [2.75, 3.05) is 38.8 Å². The van der Waals surface area contributed by atoms with E-state index in [9.17, 15) is 4.79 Å². The van der Waals surface area contributed by atoms with Gasteiger partial charge in [0, 0.05) is 26.4 Å². The minimum atomic E-state index is 0. The predicted octanol–water partition coefficient (Wildman–Crippen LogP) is 1.62. The van der Waals surface area contributed by atoms with E-state index in [0.29, 0.717) is 19.7 Å². The Balaban J connectivity index is 0.00000289. The summed E-state index contributed by atoms with van der Waals surface area (Å²) in [5.41, 5.74) is 2.10. The van der Waals surface area contributed by atoms with E-state index in [1.807, 2.05) is 31.2 Å². The van der Waals surface area contributed by atoms with Crippen LogP contribution in [0.15, 0.2) is 24.3 Å². The molecule has 1 aromatic carbocycles. The van der Waals surface area contributed by atoms with Crippen LogP contribution in [0.25, 0.3) is 0 Å². The summed E-state index contributed by atoms with van der Waals surface area (Å²) in [5.74, 6) is 0.0463. The quantitative estimate of drug-likeness (QED) is 0.800. The van der Waals surface area contributed by atoms with Gasteiger partial charge in [-0.3, -0.25) is 4.79 Å². The van der Waals surface area contributed by atoms with Crippen molar-refractivity contribution in [3.05, 3.63) is 29.8 Å². The summed E-state index contributed by atoms with van der Waals surface area (Å²) < 4.78 is 4.89. The number of rotatable bonds is 6. The summed E-state index contributed by atoms with van der Waals surface area (Å²) in [6.07, 6.45) is 0. The zero-order valence-electron chi connectivity index (χ0n) is 11.1. The van der Waals surface area contributed by atoms with Gasteiger partial charge in [0.05, 0.1) is 13.2 Å². The Kier molecular flexibility index (Phi) is 8.37. The first kappa shape index (κ1) is 16.9. The van der Waals surface area contributed by atoms with E-state index >= 15 is 0 Å². The average molecular weight is 273 g/mol. The highest BCUT2D eigenvalue weighted by atomic mass is 35.5. The van der Waals surface area contributed by atoms with Gasteiger partial charge in [-0.25, -0.2) is 0 Å². The van der Waals surface area contributed by atoms with Gasteiger partial charge in [0.15, 0.2) is 0 Å². The molecule has 1 rings (SSSR count). The Morgan fingerprint density at radius 3 is 2.50 bits per heavy atom. The smallest absolute Gasteiger partial charge is 0.240 e. The van der Waals surface area contributed by atoms with Crippen molar-refractivity contribution in [1.29, 1.82) is 0 Å². The van der Waals surface area contributed by atoms with E-state index in [1.165, 1.54) is 5.56 Å². The van der Waals surface area contributed by atoms with E-state index in [4.69, 9.17) is 4.74 Å². The molecule has 18 heavy (non-hydrogen) atoms. The molecule has 0 bridgehead atoms. The Hall–Kier alpha value is -1.10. The fourth-order valence-corrected chi connectivity index (χ4v) is 1.40. The van der Waals surface area contributed by atoms with Crippen molar-refractivity contribution in [3.8, 4) is 0 Å². The highest BCUT2D eigenvalue weighted by Crippen LogP contribution is 2.12. The molecule has 1 N–H and O–H groups in total. The lowest BCUT2D eigenvalue weighted by Crippen LogP contribution is -2.36. The number of nitrogens with one attached hydrogen (secondary N) is 1. The van der Waals surface area contributed by atoms with Crippen molar-refractivity contribution in [3.63, 3.8) is 0 Å². The third-order valence-corrected chi connectivity index (χ3v) is 2.55. The summed E-state index contributed by atoms with van der Waals surface area (Å²) in [7, 11) is 3.42. The van der Waals surface area contributed by atoms with Crippen LogP contribution < -0.4 is 10.2 Å². The molecule has 0 aliphatic heterocycles. The molecule has 0 atom stereocenters. The molecular weight excluding hydrogens is 252 g/mol. The molecule has 102 valence electrons. The molecule has 0 radical (unpaired) electrons. The van der Waals surface area contributed by atoms with E-state index in [0.717, 1.165) is 5.69 Å². The highest BCUT2D eigenvalue weighted by Gasteiger charge is 2.09. The van der Waals surface area contributed by atoms with Crippen molar-refractivity contribution in [2.24, 2.45) is 0 Å². The van der Waals surface area contributed by atoms with Crippen LogP contribution in [-0.4, -0.2) is 39.8 Å². The second kappa shape index (κ2) is 8.91. The summed E-state index contributed by atoms with van der Waals surface area (Å²) in [6.45, 7) is 3.65. The van der Waals surface area contributed by atoms with Crippen LogP contribution in [0, 0.1) is 6.92 Å². The van der Waals surface area contributed by atoms with Crippen molar-refractivity contribution >= 4 is 24.0 Å². The predicted molar refractivity (Wildman–Crippen MR) is 76.6 cm³/mol. The SMILES string of the molecule is COCCNCC(=O)N(C)c1ccc(C)cc1.Cl. The first-order chi connectivity index (χ1) is 8.15. The van der Waals surface area contributed by atoms with E-state index < -0.39 is 0 Å². The first-order valence-corrected chi connectivity index (χ1v) is 5.68. The van der Waals surface area contributed by atoms with Crippen LogP contribution in [0.4, 0.5) is 5.69 Å². The Morgan fingerprint density at radius 1 is 1.33 bits per heavy atom. The molecule has 5 heteroatoms. The summed E-state index contributed by atoms with van der Waals surface area (Å²) in [5, 5.41) is 3.03. The molecule has 0 fully saturated rings. The van der Waals surface area contributed by atoms with Crippen LogP contribution in [0.2, 0.25) is 0 Å². The number of carbonyl (C=O) groups excluding carboxylic acids is 1. The zero-order valence-corrected chi connectivity index (χ0v) is 11.9. The molecule has 0 spiro atoms. The van der Waals surface area contributed by atoms with Gasteiger partial charge in [-0.05, 0) is 19.1 Å². The number of likely N-dealkylation sites (N-methyl/N-ethyl adjacent to an activating group) is 1. The van der Waals surface area contributed by atoms with Gasteiger partial charge >= 0.3 is 0 Å². The maximum Gasteiger partial charge on any atom is 0.240 e. The number of benzene rings is 1. The van der Waals surface area contributed by atoms with Crippen molar-refractivity contribution in [1.82, 2.24) is 5.32 Å². The Morgan fingerprint density at radius 2 is 1.94 bits per heavy atom. The number of hydrogen-bond donors (Lipinski definition) is 1. The minimum absolute atomic E-state index is 0. The maximum atomic E-state index is 11.8. The van der Waals surface area contributed by atoms with Crippen molar-refractivity contribution < 1.29 is 9.53 Å². The van der Waals surface area contributed by atoms with E-state index in [-0.39, 0.29) is 18.3 Å². The number of nitrogens with zero attached hydrogens (tertiary/aromatic N) is 1. The second-order valence-corrected chi connectivity index (χ2v) is 3.96. The van der Waals surface area contributed by atoms with Crippen LogP contribution in [0.3, 0.4) is 0 Å². The summed E-state index contributed by atoms with van der Waals surface area (Å²) in [4.78, 5) is 13.5. The normalized spacial score (nSPS) is 9.72. The molecule has 0 aromatic heterocycles. The number of aryl methyl sites for hydroxylation is 1.